The molecule has 6 nitrogen and oxygen atoms in total. The van der Waals surface area contributed by atoms with Crippen molar-refractivity contribution in [2.24, 2.45) is 0 Å². The molecule has 3 aromatic rings. The monoisotopic (exact) mass is 550 g/mol. The van der Waals surface area contributed by atoms with Crippen LogP contribution >= 0.6 is 22.9 Å². The van der Waals surface area contributed by atoms with Crippen LogP contribution in [-0.4, -0.2) is 22.0 Å². The number of benzene rings is 3. The summed E-state index contributed by atoms with van der Waals surface area (Å²) >= 11 is 2.14. The lowest BCUT2D eigenvalue weighted by Gasteiger charge is -2.34. The van der Waals surface area contributed by atoms with Crippen LogP contribution in [0.4, 0.5) is 0 Å². The summed E-state index contributed by atoms with van der Waals surface area (Å²) < 4.78 is 12.5. The first kappa shape index (κ1) is 22.6. The Balaban J connectivity index is 1.64. The number of para-hydroxylation sites is 1. The molecule has 1 aliphatic rings. The van der Waals surface area contributed by atoms with Gasteiger partial charge >= 0.3 is 5.97 Å². The van der Waals surface area contributed by atoms with E-state index < -0.39 is 5.97 Å². The average molecular weight is 550 g/mol. The van der Waals surface area contributed by atoms with Crippen molar-refractivity contribution in [3.8, 4) is 17.6 Å². The summed E-state index contributed by atoms with van der Waals surface area (Å²) in [5, 5.41) is 9.71. The van der Waals surface area contributed by atoms with Gasteiger partial charge in [0.25, 0.3) is 0 Å². The minimum atomic E-state index is -0.419. The van der Waals surface area contributed by atoms with Crippen molar-refractivity contribution in [2.45, 2.75) is 12.5 Å². The fourth-order valence-electron chi connectivity index (χ4n) is 3.65. The van der Waals surface area contributed by atoms with Crippen molar-refractivity contribution < 1.29 is 19.1 Å². The van der Waals surface area contributed by atoms with Crippen LogP contribution in [0.25, 0.3) is 5.70 Å². The molecule has 0 radical (unpaired) electrons. The summed E-state index contributed by atoms with van der Waals surface area (Å²) in [6.45, 7) is 0. The number of nitriles is 1. The van der Waals surface area contributed by atoms with Gasteiger partial charge in [-0.3, -0.25) is 4.79 Å². The van der Waals surface area contributed by atoms with Gasteiger partial charge in [-0.15, -0.1) is 0 Å². The maximum absolute atomic E-state index is 12.9. The molecule has 1 atom stereocenters. The van der Waals surface area contributed by atoms with Gasteiger partial charge in [0.1, 0.15) is 23.1 Å². The molecule has 4 rings (SSSR count). The molecule has 0 aromatic heterocycles. The van der Waals surface area contributed by atoms with Gasteiger partial charge in [0.2, 0.25) is 0 Å². The first-order chi connectivity index (χ1) is 16.0. The minimum absolute atomic E-state index is 0.128. The number of hydrogen-bond acceptors (Lipinski definition) is 6. The number of Topliss-reactive ketones (excluding diaryl/α,β-unsaturated/α-hetero) is 1. The molecule has 0 amide bonds. The van der Waals surface area contributed by atoms with E-state index in [-0.39, 0.29) is 23.8 Å². The Kier molecular flexibility index (Phi) is 6.75. The van der Waals surface area contributed by atoms with Gasteiger partial charge in [0.05, 0.1) is 47.3 Å². The maximum atomic E-state index is 12.9. The molecule has 33 heavy (non-hydrogen) atoms. The van der Waals surface area contributed by atoms with Gasteiger partial charge in [0.15, 0.2) is 5.78 Å². The Bertz CT molecular complexity index is 1250. The topological polar surface area (TPSA) is 79.6 Å². The van der Waals surface area contributed by atoms with Crippen LogP contribution in [-0.2, 0) is 9.53 Å². The highest BCUT2D eigenvalue weighted by Gasteiger charge is 2.34. The van der Waals surface area contributed by atoms with Crippen molar-refractivity contribution in [3.05, 3.63) is 101 Å². The fourth-order valence-corrected chi connectivity index (χ4v) is 4.69. The Labute approximate surface area is 205 Å². The number of esters is 1. The number of carbonyl (C=O) groups is 2. The fraction of sp³-hybridized carbons (Fsp3) is 0.115. The summed E-state index contributed by atoms with van der Waals surface area (Å²) in [5.74, 6) is 0.743. The van der Waals surface area contributed by atoms with E-state index in [0.29, 0.717) is 17.0 Å². The third-order valence-electron chi connectivity index (χ3n) is 5.32. The highest BCUT2D eigenvalue weighted by Crippen LogP contribution is 2.42. The summed E-state index contributed by atoms with van der Waals surface area (Å²) in [4.78, 5) is 24.6. The number of methoxy groups -OCH3 is 1. The van der Waals surface area contributed by atoms with Gasteiger partial charge in [-0.05, 0) is 54.1 Å². The molecule has 0 bridgehead atoms. The zero-order valence-electron chi connectivity index (χ0n) is 17.7. The molecule has 0 spiro atoms. The molecule has 1 unspecified atom stereocenters. The van der Waals surface area contributed by atoms with Gasteiger partial charge in [-0.1, -0.05) is 30.3 Å². The van der Waals surface area contributed by atoms with Gasteiger partial charge in [0, 0.05) is 12.0 Å². The zero-order chi connectivity index (χ0) is 23.4. The SMILES string of the molecule is COC(=O)c1ccc(C2CC(=O)C(C#N)=C(c3ccc(Oc4ccccc4)cc3)N2I)cc1. The normalized spacial score (nSPS) is 15.7. The third-order valence-corrected chi connectivity index (χ3v) is 6.47. The highest BCUT2D eigenvalue weighted by atomic mass is 127. The van der Waals surface area contributed by atoms with E-state index in [1.54, 1.807) is 12.1 Å². The van der Waals surface area contributed by atoms with E-state index in [1.807, 2.05) is 69.8 Å². The number of rotatable bonds is 5. The molecule has 0 saturated heterocycles. The predicted molar refractivity (Wildman–Crippen MR) is 131 cm³/mol. The Morgan fingerprint density at radius 1 is 1.00 bits per heavy atom. The molecule has 0 saturated carbocycles. The maximum Gasteiger partial charge on any atom is 0.337 e. The van der Waals surface area contributed by atoms with Crippen LogP contribution in [0.5, 0.6) is 11.5 Å². The quantitative estimate of drug-likeness (QED) is 0.225. The number of hydrogen-bond donors (Lipinski definition) is 0. The molecular weight excluding hydrogens is 531 g/mol. The minimum Gasteiger partial charge on any atom is -0.465 e. The van der Waals surface area contributed by atoms with Crippen LogP contribution in [0.1, 0.15) is 33.9 Å². The lowest BCUT2D eigenvalue weighted by Crippen LogP contribution is -2.28. The predicted octanol–water partition coefficient (Wildman–Crippen LogP) is 5.87. The number of ether oxygens (including phenoxy) is 2. The largest absolute Gasteiger partial charge is 0.465 e. The molecule has 3 aromatic carbocycles. The van der Waals surface area contributed by atoms with Gasteiger partial charge < -0.3 is 12.6 Å². The van der Waals surface area contributed by atoms with E-state index >= 15 is 0 Å². The Hall–Kier alpha value is -3.64. The molecule has 1 heterocycles. The second kappa shape index (κ2) is 9.88. The molecule has 1 aliphatic heterocycles. The van der Waals surface area contributed by atoms with Crippen LogP contribution in [0.3, 0.4) is 0 Å². The molecule has 7 heteroatoms. The Morgan fingerprint density at radius 2 is 1.64 bits per heavy atom. The number of ketones is 1. The average Bonchev–Trinajstić information content (AvgIpc) is 2.86. The van der Waals surface area contributed by atoms with Crippen molar-refractivity contribution in [2.75, 3.05) is 7.11 Å². The van der Waals surface area contributed by atoms with Gasteiger partial charge in [-0.25, -0.2) is 4.79 Å². The van der Waals surface area contributed by atoms with E-state index in [4.69, 9.17) is 9.47 Å². The number of nitrogens with zero attached hydrogens (tertiary/aromatic N) is 2. The van der Waals surface area contributed by atoms with Crippen molar-refractivity contribution >= 4 is 40.3 Å². The molecule has 0 N–H and O–H groups in total. The molecule has 0 aliphatic carbocycles. The standard InChI is InChI=1S/C26H19IN2O4/c1-32-26(31)19-9-7-17(8-10-19)23-15-24(30)22(16-28)25(29(23)27)18-11-13-21(14-12-18)33-20-5-3-2-4-6-20/h2-14,23H,15H2,1H3. The zero-order valence-corrected chi connectivity index (χ0v) is 19.9. The summed E-state index contributed by atoms with van der Waals surface area (Å²) in [6, 6.07) is 25.5. The number of halogens is 1. The lowest BCUT2D eigenvalue weighted by atomic mass is 9.90. The van der Waals surface area contributed by atoms with E-state index in [0.717, 1.165) is 16.9 Å². The molecular formula is C26H19IN2O4. The lowest BCUT2D eigenvalue weighted by molar-refractivity contribution is -0.116. The highest BCUT2D eigenvalue weighted by molar-refractivity contribution is 14.1. The summed E-state index contributed by atoms with van der Waals surface area (Å²) in [5.41, 5.74) is 2.73. The Morgan fingerprint density at radius 3 is 2.24 bits per heavy atom. The second-order valence-electron chi connectivity index (χ2n) is 7.34. The van der Waals surface area contributed by atoms with E-state index in [2.05, 4.69) is 28.9 Å². The smallest absolute Gasteiger partial charge is 0.337 e. The first-order valence-electron chi connectivity index (χ1n) is 10.2. The van der Waals surface area contributed by atoms with Crippen LogP contribution in [0, 0.1) is 11.3 Å². The van der Waals surface area contributed by atoms with Crippen LogP contribution in [0.15, 0.2) is 84.4 Å². The van der Waals surface area contributed by atoms with E-state index in [1.165, 1.54) is 7.11 Å². The summed E-state index contributed by atoms with van der Waals surface area (Å²) in [7, 11) is 1.33. The van der Waals surface area contributed by atoms with Crippen molar-refractivity contribution in [1.29, 1.82) is 5.26 Å². The van der Waals surface area contributed by atoms with Crippen molar-refractivity contribution in [1.82, 2.24) is 3.11 Å². The van der Waals surface area contributed by atoms with Crippen LogP contribution in [0.2, 0.25) is 0 Å². The number of carbonyl (C=O) groups excluding carboxylic acids is 2. The second-order valence-corrected chi connectivity index (χ2v) is 8.38. The summed E-state index contributed by atoms with van der Waals surface area (Å²) in [6.07, 6.45) is 0.169. The number of allylic oxidation sites excluding steroid dienone is 1. The van der Waals surface area contributed by atoms with E-state index in [9.17, 15) is 14.9 Å². The van der Waals surface area contributed by atoms with Gasteiger partial charge in [-0.2, -0.15) is 5.26 Å². The molecule has 0 fully saturated rings. The molecule has 164 valence electrons. The van der Waals surface area contributed by atoms with Crippen LogP contribution < -0.4 is 4.74 Å². The first-order valence-corrected chi connectivity index (χ1v) is 11.1. The third kappa shape index (κ3) is 4.76. The van der Waals surface area contributed by atoms with Crippen molar-refractivity contribution in [3.63, 3.8) is 0 Å².